The molecule has 4 aromatic rings. The molecule has 172 valence electrons. The average Bonchev–Trinajstić information content (AvgIpc) is 3.39. The number of aromatic nitrogens is 3. The minimum Gasteiger partial charge on any atom is -0.505 e. The minimum absolute atomic E-state index is 0.0107. The number of nitrogens with one attached hydrogen (secondary N) is 3. The number of amides is 1. The van der Waals surface area contributed by atoms with Crippen LogP contribution in [0.1, 0.15) is 19.0 Å². The van der Waals surface area contributed by atoms with Crippen molar-refractivity contribution in [3.8, 4) is 34.3 Å². The molecule has 0 unspecified atom stereocenters. The van der Waals surface area contributed by atoms with Crippen LogP contribution in [0.4, 0.5) is 5.82 Å². The van der Waals surface area contributed by atoms with Crippen molar-refractivity contribution in [1.29, 1.82) is 0 Å². The molecule has 9 heteroatoms. The first-order valence-electron chi connectivity index (χ1n) is 10.6. The number of benzene rings is 2. The Balaban J connectivity index is 1.97. The molecular formula is C24H27N5O4. The number of hydrogen-bond acceptors (Lipinski definition) is 6. The summed E-state index contributed by atoms with van der Waals surface area (Å²) >= 11 is 0. The summed E-state index contributed by atoms with van der Waals surface area (Å²) in [4.78, 5) is 20.0. The zero-order valence-corrected chi connectivity index (χ0v) is 19.0. The third-order valence-electron chi connectivity index (χ3n) is 5.47. The number of nitrogens with zero attached hydrogens (tertiary/aromatic N) is 2. The zero-order valence-electron chi connectivity index (χ0n) is 19.0. The number of H-pyrrole nitrogens is 1. The van der Waals surface area contributed by atoms with E-state index in [1.54, 1.807) is 34.3 Å². The summed E-state index contributed by atoms with van der Waals surface area (Å²) in [5, 5.41) is 17.4. The van der Waals surface area contributed by atoms with Gasteiger partial charge in [-0.1, -0.05) is 19.1 Å². The number of rotatable bonds is 8. The molecule has 9 nitrogen and oxygen atoms in total. The Morgan fingerprint density at radius 3 is 2.45 bits per heavy atom. The van der Waals surface area contributed by atoms with Gasteiger partial charge in [0.2, 0.25) is 5.91 Å². The number of imidazole rings is 1. The number of aromatic hydroxyl groups is 1. The standard InChI is InChI=1S/C24H27N5O4/c1-5-20(30)26-13-19-22(31)21(23-27-17-8-6-7-9-18(17)28-23)24(25-2)29(19)14-10-15(32-3)12-16(11-14)33-4/h6-12,25,31H,5,13H2,1-4H3,(H,26,30)(H,27,28). The van der Waals surface area contributed by atoms with Crippen LogP contribution in [0.5, 0.6) is 17.2 Å². The molecule has 0 saturated heterocycles. The van der Waals surface area contributed by atoms with Crippen LogP contribution in [0.2, 0.25) is 0 Å². The maximum absolute atomic E-state index is 12.0. The maximum atomic E-state index is 12.0. The van der Waals surface area contributed by atoms with Gasteiger partial charge < -0.3 is 30.2 Å². The second kappa shape index (κ2) is 9.15. The quantitative estimate of drug-likeness (QED) is 0.325. The van der Waals surface area contributed by atoms with E-state index in [-0.39, 0.29) is 18.2 Å². The van der Waals surface area contributed by atoms with E-state index >= 15 is 0 Å². The second-order valence-corrected chi connectivity index (χ2v) is 7.41. The fourth-order valence-corrected chi connectivity index (χ4v) is 3.82. The van der Waals surface area contributed by atoms with Crippen LogP contribution in [-0.2, 0) is 11.3 Å². The summed E-state index contributed by atoms with van der Waals surface area (Å²) in [5.41, 5.74) is 3.31. The zero-order chi connectivity index (χ0) is 23.5. The van der Waals surface area contributed by atoms with Gasteiger partial charge in [-0.05, 0) is 12.1 Å². The van der Waals surface area contributed by atoms with Crippen LogP contribution in [0.15, 0.2) is 42.5 Å². The van der Waals surface area contributed by atoms with Gasteiger partial charge in [0.25, 0.3) is 0 Å². The Hall–Kier alpha value is -4.14. The summed E-state index contributed by atoms with van der Waals surface area (Å²) in [6.45, 7) is 1.90. The topological polar surface area (TPSA) is 113 Å². The first-order valence-corrected chi connectivity index (χ1v) is 10.6. The predicted molar refractivity (Wildman–Crippen MR) is 127 cm³/mol. The van der Waals surface area contributed by atoms with Crippen molar-refractivity contribution in [1.82, 2.24) is 19.9 Å². The molecule has 4 rings (SSSR count). The van der Waals surface area contributed by atoms with Crippen molar-refractivity contribution >= 4 is 22.8 Å². The van der Waals surface area contributed by atoms with Crippen molar-refractivity contribution < 1.29 is 19.4 Å². The number of anilines is 1. The van der Waals surface area contributed by atoms with E-state index in [1.165, 1.54) is 0 Å². The van der Waals surface area contributed by atoms with Gasteiger partial charge in [-0.2, -0.15) is 0 Å². The van der Waals surface area contributed by atoms with Gasteiger partial charge in [0.05, 0.1) is 43.2 Å². The van der Waals surface area contributed by atoms with Crippen molar-refractivity contribution in [3.05, 3.63) is 48.2 Å². The minimum atomic E-state index is -0.123. The van der Waals surface area contributed by atoms with Crippen LogP contribution in [0.25, 0.3) is 28.1 Å². The van der Waals surface area contributed by atoms with Gasteiger partial charge >= 0.3 is 0 Å². The highest BCUT2D eigenvalue weighted by atomic mass is 16.5. The number of aromatic amines is 1. The molecule has 4 N–H and O–H groups in total. The third-order valence-corrected chi connectivity index (χ3v) is 5.47. The molecule has 0 fully saturated rings. The van der Waals surface area contributed by atoms with E-state index < -0.39 is 0 Å². The van der Waals surface area contributed by atoms with Crippen molar-refractivity contribution in [3.63, 3.8) is 0 Å². The van der Waals surface area contributed by atoms with Crippen LogP contribution in [-0.4, -0.2) is 46.8 Å². The lowest BCUT2D eigenvalue weighted by Crippen LogP contribution is -2.23. The number of methoxy groups -OCH3 is 2. The van der Waals surface area contributed by atoms with E-state index in [1.807, 2.05) is 41.0 Å². The molecule has 0 aliphatic rings. The molecule has 0 aliphatic carbocycles. The molecule has 0 atom stereocenters. The SMILES string of the molecule is CCC(=O)NCc1c(O)c(-c2nc3ccccc3[nH]2)c(NC)n1-c1cc(OC)cc(OC)c1. The number of fused-ring (bicyclic) bond motifs is 1. The van der Waals surface area contributed by atoms with Crippen molar-refractivity contribution in [2.45, 2.75) is 19.9 Å². The molecule has 0 radical (unpaired) electrons. The highest BCUT2D eigenvalue weighted by Crippen LogP contribution is 2.43. The molecule has 2 aromatic heterocycles. The summed E-state index contributed by atoms with van der Waals surface area (Å²) in [5.74, 6) is 2.18. The maximum Gasteiger partial charge on any atom is 0.220 e. The Kier molecular flexibility index (Phi) is 6.12. The van der Waals surface area contributed by atoms with Crippen LogP contribution < -0.4 is 20.1 Å². The fraction of sp³-hybridized carbons (Fsp3) is 0.250. The summed E-state index contributed by atoms with van der Waals surface area (Å²) < 4.78 is 12.7. The normalized spacial score (nSPS) is 10.9. The van der Waals surface area contributed by atoms with Crippen LogP contribution in [0.3, 0.4) is 0 Å². The first-order chi connectivity index (χ1) is 16.0. The van der Waals surface area contributed by atoms with Gasteiger partial charge in [0.15, 0.2) is 5.75 Å². The van der Waals surface area contributed by atoms with E-state index in [9.17, 15) is 9.90 Å². The fourth-order valence-electron chi connectivity index (χ4n) is 3.82. The van der Waals surface area contributed by atoms with E-state index in [4.69, 9.17) is 9.47 Å². The Labute approximate surface area is 191 Å². The lowest BCUT2D eigenvalue weighted by atomic mass is 10.2. The molecule has 0 bridgehead atoms. The highest BCUT2D eigenvalue weighted by Gasteiger charge is 2.27. The number of hydrogen-bond donors (Lipinski definition) is 4. The summed E-state index contributed by atoms with van der Waals surface area (Å²) in [6, 6.07) is 13.1. The molecule has 2 heterocycles. The summed E-state index contributed by atoms with van der Waals surface area (Å²) in [6.07, 6.45) is 0.337. The smallest absolute Gasteiger partial charge is 0.220 e. The number of carbonyl (C=O) groups excluding carboxylic acids is 1. The lowest BCUT2D eigenvalue weighted by molar-refractivity contribution is -0.120. The molecule has 2 aromatic carbocycles. The molecule has 0 saturated carbocycles. The second-order valence-electron chi connectivity index (χ2n) is 7.41. The number of para-hydroxylation sites is 2. The highest BCUT2D eigenvalue weighted by molar-refractivity contribution is 5.87. The predicted octanol–water partition coefficient (Wildman–Crippen LogP) is 3.81. The van der Waals surface area contributed by atoms with Gasteiger partial charge in [0, 0.05) is 31.7 Å². The average molecular weight is 450 g/mol. The molecule has 33 heavy (non-hydrogen) atoms. The molecule has 0 aliphatic heterocycles. The molecule has 1 amide bonds. The van der Waals surface area contributed by atoms with Crippen molar-refractivity contribution in [2.24, 2.45) is 0 Å². The Morgan fingerprint density at radius 1 is 1.15 bits per heavy atom. The van der Waals surface area contributed by atoms with Crippen molar-refractivity contribution in [2.75, 3.05) is 26.6 Å². The van der Waals surface area contributed by atoms with Crippen LogP contribution in [0, 0.1) is 0 Å². The van der Waals surface area contributed by atoms with Gasteiger partial charge in [-0.3, -0.25) is 9.36 Å². The number of carbonyl (C=O) groups is 1. The lowest BCUT2D eigenvalue weighted by Gasteiger charge is -2.16. The Bertz CT molecular complexity index is 1250. The molecule has 0 spiro atoms. The summed E-state index contributed by atoms with van der Waals surface area (Å²) in [7, 11) is 4.92. The third kappa shape index (κ3) is 4.05. The van der Waals surface area contributed by atoms with Gasteiger partial charge in [-0.25, -0.2) is 4.98 Å². The largest absolute Gasteiger partial charge is 0.505 e. The van der Waals surface area contributed by atoms with E-state index in [0.717, 1.165) is 11.0 Å². The van der Waals surface area contributed by atoms with E-state index in [0.29, 0.717) is 46.5 Å². The Morgan fingerprint density at radius 2 is 1.85 bits per heavy atom. The molecular weight excluding hydrogens is 422 g/mol. The van der Waals surface area contributed by atoms with E-state index in [2.05, 4.69) is 20.6 Å². The monoisotopic (exact) mass is 449 g/mol. The van der Waals surface area contributed by atoms with Crippen LogP contribution >= 0.6 is 0 Å². The number of ether oxygens (including phenoxy) is 2. The van der Waals surface area contributed by atoms with Gasteiger partial charge in [0.1, 0.15) is 28.7 Å². The van der Waals surface area contributed by atoms with Gasteiger partial charge in [-0.15, -0.1) is 0 Å². The first kappa shape index (κ1) is 22.1.